The lowest BCUT2D eigenvalue weighted by molar-refractivity contribution is 0.0164. The van der Waals surface area contributed by atoms with E-state index in [4.69, 9.17) is 4.74 Å². The van der Waals surface area contributed by atoms with E-state index < -0.39 is 17.8 Å². The molecule has 0 aromatic carbocycles. The third kappa shape index (κ3) is 7.99. The number of rotatable bonds is 7. The predicted molar refractivity (Wildman–Crippen MR) is 83.3 cm³/mol. The first-order chi connectivity index (χ1) is 9.78. The summed E-state index contributed by atoms with van der Waals surface area (Å²) >= 11 is 1.59. The molecule has 0 spiro atoms. The number of carbonyl (C=O) groups is 1. The third-order valence-electron chi connectivity index (χ3n) is 2.48. The predicted octanol–water partition coefficient (Wildman–Crippen LogP) is 1.85. The topological polar surface area (TPSA) is 74.7 Å². The lowest BCUT2D eigenvalue weighted by Gasteiger charge is -2.28. The Kier molecular flexibility index (Phi) is 7.07. The number of aromatic nitrogens is 1. The summed E-state index contributed by atoms with van der Waals surface area (Å²) in [5, 5.41) is 12.7. The molecule has 120 valence electrons. The maximum atomic E-state index is 12.1. The number of nitrogens with zero attached hydrogens (tertiary/aromatic N) is 2. The molecule has 0 radical (unpaired) electrons. The van der Waals surface area contributed by atoms with Gasteiger partial charge < -0.3 is 20.1 Å². The highest BCUT2D eigenvalue weighted by molar-refractivity contribution is 7.09. The molecule has 1 aromatic heterocycles. The van der Waals surface area contributed by atoms with Gasteiger partial charge in [0.1, 0.15) is 5.60 Å². The maximum absolute atomic E-state index is 12.1. The molecule has 6 nitrogen and oxygen atoms in total. The van der Waals surface area contributed by atoms with Crippen LogP contribution in [0.2, 0.25) is 0 Å². The fourth-order valence-electron chi connectivity index (χ4n) is 1.66. The summed E-state index contributed by atoms with van der Waals surface area (Å²) in [5.41, 5.74) is 1.25. The number of ether oxygens (including phenoxy) is 1. The third-order valence-corrected chi connectivity index (χ3v) is 3.26. The molecule has 1 atom stereocenters. The van der Waals surface area contributed by atoms with E-state index >= 15 is 0 Å². The molecule has 7 heteroatoms. The zero-order valence-electron chi connectivity index (χ0n) is 13.1. The highest BCUT2D eigenvalue weighted by atomic mass is 32.1. The van der Waals surface area contributed by atoms with Crippen LogP contribution in [0.1, 0.15) is 32.6 Å². The minimum absolute atomic E-state index is 0.261. The number of hydrogen-bond acceptors (Lipinski definition) is 6. The van der Waals surface area contributed by atoms with Crippen LogP contribution < -0.4 is 5.32 Å². The average Bonchev–Trinajstić information content (AvgIpc) is 2.83. The monoisotopic (exact) mass is 315 g/mol. The highest BCUT2D eigenvalue weighted by Crippen LogP contribution is 2.10. The SMILES string of the molecule is CC(O)CN(CCNCc1cncs1)C(=O)OC(C)(C)C. The molecule has 2 N–H and O–H groups in total. The second kappa shape index (κ2) is 8.31. The van der Waals surface area contributed by atoms with Gasteiger partial charge in [0.15, 0.2) is 0 Å². The number of hydrogen-bond donors (Lipinski definition) is 2. The van der Waals surface area contributed by atoms with Gasteiger partial charge in [-0.1, -0.05) is 0 Å². The Balaban J connectivity index is 2.40. The zero-order chi connectivity index (χ0) is 15.9. The Morgan fingerprint density at radius 1 is 1.57 bits per heavy atom. The Morgan fingerprint density at radius 2 is 2.29 bits per heavy atom. The summed E-state index contributed by atoms with van der Waals surface area (Å²) in [4.78, 5) is 18.7. The molecule has 0 aliphatic carbocycles. The van der Waals surface area contributed by atoms with E-state index in [1.807, 2.05) is 27.0 Å². The van der Waals surface area contributed by atoms with Crippen molar-refractivity contribution in [1.82, 2.24) is 15.2 Å². The van der Waals surface area contributed by atoms with Crippen molar-refractivity contribution in [3.8, 4) is 0 Å². The number of aliphatic hydroxyl groups excluding tert-OH is 1. The Bertz CT molecular complexity index is 416. The minimum atomic E-state index is -0.584. The van der Waals surface area contributed by atoms with Crippen LogP contribution >= 0.6 is 11.3 Å². The Hall–Kier alpha value is -1.18. The molecule has 21 heavy (non-hydrogen) atoms. The van der Waals surface area contributed by atoms with E-state index in [0.717, 1.165) is 11.4 Å². The van der Waals surface area contributed by atoms with Crippen LogP contribution in [0.3, 0.4) is 0 Å². The molecule has 0 aliphatic rings. The van der Waals surface area contributed by atoms with Gasteiger partial charge in [0.25, 0.3) is 0 Å². The van der Waals surface area contributed by atoms with Crippen molar-refractivity contribution in [2.45, 2.75) is 45.9 Å². The largest absolute Gasteiger partial charge is 0.444 e. The lowest BCUT2D eigenvalue weighted by Crippen LogP contribution is -2.43. The minimum Gasteiger partial charge on any atom is -0.444 e. The van der Waals surface area contributed by atoms with Crippen molar-refractivity contribution >= 4 is 17.4 Å². The van der Waals surface area contributed by atoms with Gasteiger partial charge in [-0.05, 0) is 27.7 Å². The molecule has 0 saturated heterocycles. The number of carbonyl (C=O) groups excluding carboxylic acids is 1. The second-order valence-corrected chi connectivity index (χ2v) is 6.89. The van der Waals surface area contributed by atoms with E-state index in [1.165, 1.54) is 4.90 Å². The molecular formula is C14H25N3O3S. The smallest absolute Gasteiger partial charge is 0.410 e. The summed E-state index contributed by atoms with van der Waals surface area (Å²) in [6.07, 6.45) is 0.834. The highest BCUT2D eigenvalue weighted by Gasteiger charge is 2.22. The first-order valence-corrected chi connectivity index (χ1v) is 7.90. The molecule has 1 unspecified atom stereocenters. The molecule has 0 aliphatic heterocycles. The quantitative estimate of drug-likeness (QED) is 0.751. The van der Waals surface area contributed by atoms with Crippen LogP contribution in [0.5, 0.6) is 0 Å². The van der Waals surface area contributed by atoms with E-state index in [9.17, 15) is 9.90 Å². The molecular weight excluding hydrogens is 290 g/mol. The van der Waals surface area contributed by atoms with Crippen LogP contribution in [0.4, 0.5) is 4.79 Å². The second-order valence-electron chi connectivity index (χ2n) is 5.92. The summed E-state index contributed by atoms with van der Waals surface area (Å²) in [6.45, 7) is 9.23. The zero-order valence-corrected chi connectivity index (χ0v) is 13.9. The first-order valence-electron chi connectivity index (χ1n) is 7.02. The van der Waals surface area contributed by atoms with E-state index in [-0.39, 0.29) is 6.54 Å². The van der Waals surface area contributed by atoms with Gasteiger partial charge in [-0.3, -0.25) is 4.98 Å². The van der Waals surface area contributed by atoms with Crippen LogP contribution in [0.25, 0.3) is 0 Å². The number of nitrogens with one attached hydrogen (secondary N) is 1. The number of aliphatic hydroxyl groups is 1. The molecule has 1 aromatic rings. The summed E-state index contributed by atoms with van der Waals surface area (Å²) in [6, 6.07) is 0. The number of amides is 1. The Morgan fingerprint density at radius 3 is 2.81 bits per heavy atom. The summed E-state index contributed by atoms with van der Waals surface area (Å²) in [5.74, 6) is 0. The van der Waals surface area contributed by atoms with Gasteiger partial charge >= 0.3 is 6.09 Å². The van der Waals surface area contributed by atoms with Crippen molar-refractivity contribution < 1.29 is 14.6 Å². The molecule has 1 heterocycles. The van der Waals surface area contributed by atoms with Gasteiger partial charge in [0, 0.05) is 37.3 Å². The van der Waals surface area contributed by atoms with Gasteiger partial charge in [0.2, 0.25) is 0 Å². The molecule has 0 saturated carbocycles. The molecule has 0 bridgehead atoms. The number of thiazole rings is 1. The lowest BCUT2D eigenvalue weighted by atomic mass is 10.2. The van der Waals surface area contributed by atoms with Gasteiger partial charge in [0.05, 0.1) is 11.6 Å². The fraction of sp³-hybridized carbons (Fsp3) is 0.714. The van der Waals surface area contributed by atoms with Crippen molar-refractivity contribution in [2.24, 2.45) is 0 Å². The summed E-state index contributed by atoms with van der Waals surface area (Å²) < 4.78 is 5.34. The normalized spacial score (nSPS) is 13.0. The fourth-order valence-corrected chi connectivity index (χ4v) is 2.22. The van der Waals surface area contributed by atoms with Gasteiger partial charge in [-0.25, -0.2) is 4.79 Å². The van der Waals surface area contributed by atoms with Crippen molar-refractivity contribution in [3.63, 3.8) is 0 Å². The average molecular weight is 315 g/mol. The van der Waals surface area contributed by atoms with E-state index in [2.05, 4.69) is 10.3 Å². The maximum Gasteiger partial charge on any atom is 0.410 e. The standard InChI is InChI=1S/C14H25N3O3S/c1-11(18)9-17(13(19)20-14(2,3)4)6-5-15-7-12-8-16-10-21-12/h8,10-11,15,18H,5-7,9H2,1-4H3. The van der Waals surface area contributed by atoms with E-state index in [0.29, 0.717) is 13.1 Å². The van der Waals surface area contributed by atoms with Crippen LogP contribution in [0.15, 0.2) is 11.7 Å². The van der Waals surface area contributed by atoms with Crippen molar-refractivity contribution in [2.75, 3.05) is 19.6 Å². The summed E-state index contributed by atoms with van der Waals surface area (Å²) in [7, 11) is 0. The van der Waals surface area contributed by atoms with Crippen LogP contribution in [-0.2, 0) is 11.3 Å². The van der Waals surface area contributed by atoms with E-state index in [1.54, 1.807) is 23.8 Å². The molecule has 1 amide bonds. The van der Waals surface area contributed by atoms with Crippen LogP contribution in [0, 0.1) is 0 Å². The van der Waals surface area contributed by atoms with Gasteiger partial charge in [-0.15, -0.1) is 11.3 Å². The van der Waals surface area contributed by atoms with Crippen molar-refractivity contribution in [1.29, 1.82) is 0 Å². The van der Waals surface area contributed by atoms with Crippen LogP contribution in [-0.4, -0.2) is 52.4 Å². The molecule has 1 rings (SSSR count). The van der Waals surface area contributed by atoms with Gasteiger partial charge in [-0.2, -0.15) is 0 Å². The van der Waals surface area contributed by atoms with Crippen molar-refractivity contribution in [3.05, 3.63) is 16.6 Å². The first kappa shape index (κ1) is 17.9. The molecule has 0 fully saturated rings. The Labute approximate surface area is 130 Å².